The van der Waals surface area contributed by atoms with Gasteiger partial charge in [-0.2, -0.15) is 10.2 Å². The number of para-hydroxylation sites is 2. The summed E-state index contributed by atoms with van der Waals surface area (Å²) in [6.07, 6.45) is 2.96. The average Bonchev–Trinajstić information content (AvgIpc) is 3.23. The molecule has 1 aromatic heterocycles. The number of rotatable bonds is 6. The lowest BCUT2D eigenvalue weighted by molar-refractivity contribution is -0.120. The highest BCUT2D eigenvalue weighted by Gasteiger charge is 2.38. The van der Waals surface area contributed by atoms with Gasteiger partial charge in [0, 0.05) is 35.8 Å². The summed E-state index contributed by atoms with van der Waals surface area (Å²) in [5.74, 6) is -0.745. The summed E-state index contributed by atoms with van der Waals surface area (Å²) in [5.41, 5.74) is 8.85. The largest absolute Gasteiger partial charge is 0.397 e. The number of nitrogen functional groups attached to an aromatic ring is 1. The number of nitrogens with two attached hydrogens (primary N) is 1. The Bertz CT molecular complexity index is 1200. The van der Waals surface area contributed by atoms with Gasteiger partial charge in [0.15, 0.2) is 0 Å². The fraction of sp³-hybridized carbons (Fsp3) is 0.200. The first kappa shape index (κ1) is 23.4. The number of halogens is 1. The predicted molar refractivity (Wildman–Crippen MR) is 134 cm³/mol. The fourth-order valence-corrected chi connectivity index (χ4v) is 4.05. The standard InChI is InChI=1S/C25H25ClN6O2/c1-32-14-19(20(15-32)25(34)28-17-8-6-16(26)7-9-17)22-12-10-18(30-31-22)11-13-24(33)29-23-5-3-2-4-21(23)27/h2-13,19-20H,14-15,27H2,1H3,(H,28,34)(H,29,33)/b13-11+. The van der Waals surface area contributed by atoms with Gasteiger partial charge in [-0.1, -0.05) is 23.7 Å². The van der Waals surface area contributed by atoms with Crippen LogP contribution in [-0.2, 0) is 9.59 Å². The van der Waals surface area contributed by atoms with E-state index in [9.17, 15) is 9.59 Å². The monoisotopic (exact) mass is 476 g/mol. The van der Waals surface area contributed by atoms with Crippen LogP contribution >= 0.6 is 11.6 Å². The van der Waals surface area contributed by atoms with Gasteiger partial charge in [0.2, 0.25) is 11.8 Å². The lowest BCUT2D eigenvalue weighted by atomic mass is 9.91. The lowest BCUT2D eigenvalue weighted by Gasteiger charge is -2.17. The van der Waals surface area contributed by atoms with Crippen molar-refractivity contribution in [2.24, 2.45) is 5.92 Å². The Labute approximate surface area is 202 Å². The molecule has 2 atom stereocenters. The summed E-state index contributed by atoms with van der Waals surface area (Å²) in [6, 6.07) is 17.7. The second-order valence-electron chi connectivity index (χ2n) is 8.22. The van der Waals surface area contributed by atoms with Crippen LogP contribution in [0.15, 0.2) is 66.7 Å². The van der Waals surface area contributed by atoms with Crippen LogP contribution in [0.4, 0.5) is 17.1 Å². The molecule has 2 unspecified atom stereocenters. The molecule has 2 aromatic carbocycles. The minimum atomic E-state index is -0.319. The van der Waals surface area contributed by atoms with Crippen molar-refractivity contribution >= 4 is 46.6 Å². The topological polar surface area (TPSA) is 113 Å². The maximum absolute atomic E-state index is 13.0. The Balaban J connectivity index is 1.40. The van der Waals surface area contributed by atoms with Crippen LogP contribution in [0.1, 0.15) is 17.3 Å². The van der Waals surface area contributed by atoms with E-state index in [1.807, 2.05) is 13.1 Å². The molecule has 0 saturated carbocycles. The molecule has 9 heteroatoms. The summed E-state index contributed by atoms with van der Waals surface area (Å²) >= 11 is 5.93. The number of likely N-dealkylation sites (tertiary alicyclic amines) is 1. The number of nitrogens with one attached hydrogen (secondary N) is 2. The SMILES string of the molecule is CN1CC(C(=O)Nc2ccc(Cl)cc2)C(c2ccc(/C=C/C(=O)Nc3ccccc3N)nn2)C1. The van der Waals surface area contributed by atoms with Gasteiger partial charge in [0.25, 0.3) is 0 Å². The van der Waals surface area contributed by atoms with Gasteiger partial charge in [-0.25, -0.2) is 0 Å². The second-order valence-corrected chi connectivity index (χ2v) is 8.66. The van der Waals surface area contributed by atoms with Crippen molar-refractivity contribution < 1.29 is 9.59 Å². The van der Waals surface area contributed by atoms with Gasteiger partial charge in [0.05, 0.1) is 28.7 Å². The fourth-order valence-electron chi connectivity index (χ4n) is 3.92. The third kappa shape index (κ3) is 5.78. The summed E-state index contributed by atoms with van der Waals surface area (Å²) in [7, 11) is 1.98. The smallest absolute Gasteiger partial charge is 0.248 e. The number of hydrogen-bond acceptors (Lipinski definition) is 6. The molecule has 0 aliphatic carbocycles. The highest BCUT2D eigenvalue weighted by Crippen LogP contribution is 2.32. The maximum atomic E-state index is 13.0. The minimum Gasteiger partial charge on any atom is -0.397 e. The number of carbonyl (C=O) groups is 2. The van der Waals surface area contributed by atoms with Gasteiger partial charge in [-0.3, -0.25) is 9.59 Å². The molecule has 34 heavy (non-hydrogen) atoms. The van der Waals surface area contributed by atoms with E-state index in [4.69, 9.17) is 17.3 Å². The van der Waals surface area contributed by atoms with Gasteiger partial charge >= 0.3 is 0 Å². The summed E-state index contributed by atoms with van der Waals surface area (Å²) in [5, 5.41) is 14.9. The molecule has 3 aromatic rings. The van der Waals surface area contributed by atoms with E-state index in [0.29, 0.717) is 40.9 Å². The van der Waals surface area contributed by atoms with Crippen molar-refractivity contribution in [1.82, 2.24) is 15.1 Å². The number of anilines is 3. The van der Waals surface area contributed by atoms with E-state index in [-0.39, 0.29) is 23.7 Å². The van der Waals surface area contributed by atoms with Crippen molar-refractivity contribution in [2.75, 3.05) is 36.5 Å². The Morgan fingerprint density at radius 1 is 1.03 bits per heavy atom. The van der Waals surface area contributed by atoms with E-state index in [1.165, 1.54) is 6.08 Å². The molecule has 174 valence electrons. The third-order valence-corrected chi connectivity index (χ3v) is 5.91. The molecule has 1 fully saturated rings. The van der Waals surface area contributed by atoms with E-state index >= 15 is 0 Å². The van der Waals surface area contributed by atoms with Crippen LogP contribution in [0.2, 0.25) is 5.02 Å². The summed E-state index contributed by atoms with van der Waals surface area (Å²) in [4.78, 5) is 27.2. The highest BCUT2D eigenvalue weighted by atomic mass is 35.5. The number of aromatic nitrogens is 2. The van der Waals surface area contributed by atoms with Gasteiger partial charge < -0.3 is 21.3 Å². The van der Waals surface area contributed by atoms with Crippen molar-refractivity contribution in [3.63, 3.8) is 0 Å². The highest BCUT2D eigenvalue weighted by molar-refractivity contribution is 6.30. The lowest BCUT2D eigenvalue weighted by Crippen LogP contribution is -2.28. The molecule has 1 aliphatic heterocycles. The zero-order valence-electron chi connectivity index (χ0n) is 18.6. The normalized spacial score (nSPS) is 18.2. The first-order valence-corrected chi connectivity index (χ1v) is 11.2. The molecule has 2 heterocycles. The van der Waals surface area contributed by atoms with Gasteiger partial charge in [-0.15, -0.1) is 0 Å². The van der Waals surface area contributed by atoms with Crippen LogP contribution in [-0.4, -0.2) is 47.0 Å². The van der Waals surface area contributed by atoms with Crippen LogP contribution in [0.25, 0.3) is 6.08 Å². The summed E-state index contributed by atoms with van der Waals surface area (Å²) < 4.78 is 0. The molecule has 4 N–H and O–H groups in total. The Morgan fingerprint density at radius 3 is 2.50 bits per heavy atom. The van der Waals surface area contributed by atoms with Crippen molar-refractivity contribution in [1.29, 1.82) is 0 Å². The zero-order valence-corrected chi connectivity index (χ0v) is 19.4. The van der Waals surface area contributed by atoms with E-state index in [1.54, 1.807) is 60.7 Å². The third-order valence-electron chi connectivity index (χ3n) is 5.66. The van der Waals surface area contributed by atoms with Gasteiger partial charge in [0.1, 0.15) is 0 Å². The quantitative estimate of drug-likeness (QED) is 0.369. The van der Waals surface area contributed by atoms with E-state index < -0.39 is 0 Å². The van der Waals surface area contributed by atoms with E-state index in [2.05, 4.69) is 25.7 Å². The molecular weight excluding hydrogens is 452 g/mol. The number of nitrogens with zero attached hydrogens (tertiary/aromatic N) is 3. The Hall–Kier alpha value is -3.75. The van der Waals surface area contributed by atoms with Crippen LogP contribution in [0.3, 0.4) is 0 Å². The first-order chi connectivity index (χ1) is 16.4. The summed E-state index contributed by atoms with van der Waals surface area (Å²) in [6.45, 7) is 1.32. The molecule has 4 rings (SSSR count). The van der Waals surface area contributed by atoms with Crippen molar-refractivity contribution in [3.05, 3.63) is 83.2 Å². The van der Waals surface area contributed by atoms with Crippen LogP contribution in [0.5, 0.6) is 0 Å². The number of hydrogen-bond donors (Lipinski definition) is 3. The molecular formula is C25H25ClN6O2. The molecule has 8 nitrogen and oxygen atoms in total. The maximum Gasteiger partial charge on any atom is 0.248 e. The van der Waals surface area contributed by atoms with Crippen molar-refractivity contribution in [2.45, 2.75) is 5.92 Å². The average molecular weight is 477 g/mol. The molecule has 1 saturated heterocycles. The van der Waals surface area contributed by atoms with E-state index in [0.717, 1.165) is 5.69 Å². The zero-order chi connectivity index (χ0) is 24.1. The number of likely N-dealkylation sites (N-methyl/N-ethyl adjacent to an activating group) is 1. The van der Waals surface area contributed by atoms with Gasteiger partial charge in [-0.05, 0) is 61.7 Å². The second kappa shape index (κ2) is 10.5. The predicted octanol–water partition coefficient (Wildman–Crippen LogP) is 3.65. The minimum absolute atomic E-state index is 0.0701. The molecule has 2 amide bonds. The Morgan fingerprint density at radius 2 is 1.79 bits per heavy atom. The Kier molecular flexibility index (Phi) is 7.20. The van der Waals surface area contributed by atoms with Crippen LogP contribution in [0, 0.1) is 5.92 Å². The number of benzene rings is 2. The molecule has 0 spiro atoms. The molecule has 1 aliphatic rings. The number of carbonyl (C=O) groups excluding carboxylic acids is 2. The number of amides is 2. The molecule has 0 radical (unpaired) electrons. The van der Waals surface area contributed by atoms with Crippen LogP contribution < -0.4 is 16.4 Å². The first-order valence-electron chi connectivity index (χ1n) is 10.8. The molecule has 0 bridgehead atoms. The van der Waals surface area contributed by atoms with Crippen molar-refractivity contribution in [3.8, 4) is 0 Å².